The average molecular weight is 221 g/mol. The van der Waals surface area contributed by atoms with Crippen molar-refractivity contribution in [3.05, 3.63) is 34.4 Å². The number of hydrogen-bond donors (Lipinski definition) is 2. The smallest absolute Gasteiger partial charge is 0.0581 e. The minimum Gasteiger partial charge on any atom is -0.395 e. The molecule has 2 N–H and O–H groups in total. The van der Waals surface area contributed by atoms with Crippen molar-refractivity contribution in [1.29, 1.82) is 0 Å². The minimum atomic E-state index is 0.186. The molecule has 90 valence electrons. The van der Waals surface area contributed by atoms with Crippen molar-refractivity contribution in [2.24, 2.45) is 0 Å². The van der Waals surface area contributed by atoms with E-state index in [1.807, 2.05) is 6.92 Å². The Morgan fingerprint density at radius 2 is 1.75 bits per heavy atom. The third-order valence-electron chi connectivity index (χ3n) is 2.98. The van der Waals surface area contributed by atoms with Gasteiger partial charge in [0.05, 0.1) is 6.61 Å². The fraction of sp³-hybridized carbons (Fsp3) is 0.571. The van der Waals surface area contributed by atoms with E-state index in [2.05, 4.69) is 38.2 Å². The molecule has 0 saturated carbocycles. The first-order valence-corrected chi connectivity index (χ1v) is 5.95. The van der Waals surface area contributed by atoms with Crippen LogP contribution >= 0.6 is 0 Å². The molecule has 2 heteroatoms. The number of aliphatic hydroxyl groups is 1. The van der Waals surface area contributed by atoms with Gasteiger partial charge in [-0.25, -0.2) is 0 Å². The lowest BCUT2D eigenvalue weighted by Gasteiger charge is -2.14. The SMILES string of the molecule is Cc1cc(C)c(CCNC(C)CO)c(C)c1. The zero-order chi connectivity index (χ0) is 12.1. The summed E-state index contributed by atoms with van der Waals surface area (Å²) in [5.74, 6) is 0. The van der Waals surface area contributed by atoms with Crippen LogP contribution in [0.2, 0.25) is 0 Å². The topological polar surface area (TPSA) is 32.3 Å². The maximum Gasteiger partial charge on any atom is 0.0581 e. The van der Waals surface area contributed by atoms with Crippen molar-refractivity contribution in [2.75, 3.05) is 13.2 Å². The van der Waals surface area contributed by atoms with Crippen LogP contribution in [0.4, 0.5) is 0 Å². The van der Waals surface area contributed by atoms with E-state index in [9.17, 15) is 0 Å². The van der Waals surface area contributed by atoms with Crippen LogP contribution in [0.5, 0.6) is 0 Å². The van der Waals surface area contributed by atoms with Crippen molar-refractivity contribution >= 4 is 0 Å². The quantitative estimate of drug-likeness (QED) is 0.798. The van der Waals surface area contributed by atoms with Gasteiger partial charge in [-0.15, -0.1) is 0 Å². The first kappa shape index (κ1) is 13.2. The molecule has 0 amide bonds. The first-order valence-electron chi connectivity index (χ1n) is 5.95. The summed E-state index contributed by atoms with van der Waals surface area (Å²) < 4.78 is 0. The van der Waals surface area contributed by atoms with Gasteiger partial charge in [-0.1, -0.05) is 17.7 Å². The fourth-order valence-electron chi connectivity index (χ4n) is 2.11. The Morgan fingerprint density at radius 1 is 1.19 bits per heavy atom. The number of rotatable bonds is 5. The monoisotopic (exact) mass is 221 g/mol. The van der Waals surface area contributed by atoms with Gasteiger partial charge in [0.1, 0.15) is 0 Å². The van der Waals surface area contributed by atoms with Gasteiger partial charge in [-0.05, 0) is 57.4 Å². The number of nitrogens with one attached hydrogen (secondary N) is 1. The van der Waals surface area contributed by atoms with Crippen LogP contribution in [-0.2, 0) is 6.42 Å². The Hall–Kier alpha value is -0.860. The summed E-state index contributed by atoms with van der Waals surface area (Å²) in [6.45, 7) is 9.60. The van der Waals surface area contributed by atoms with Gasteiger partial charge in [0.2, 0.25) is 0 Å². The highest BCUT2D eigenvalue weighted by molar-refractivity contribution is 5.37. The summed E-state index contributed by atoms with van der Waals surface area (Å²) >= 11 is 0. The Labute approximate surface area is 98.7 Å². The Balaban J connectivity index is 2.60. The molecule has 0 aliphatic rings. The summed E-state index contributed by atoms with van der Waals surface area (Å²) in [6.07, 6.45) is 1.03. The molecule has 1 unspecified atom stereocenters. The normalized spacial score (nSPS) is 12.8. The third kappa shape index (κ3) is 3.62. The first-order chi connectivity index (χ1) is 7.54. The van der Waals surface area contributed by atoms with Crippen LogP contribution in [0.1, 0.15) is 29.2 Å². The van der Waals surface area contributed by atoms with E-state index in [-0.39, 0.29) is 12.6 Å². The van der Waals surface area contributed by atoms with Gasteiger partial charge in [-0.2, -0.15) is 0 Å². The molecule has 1 aromatic carbocycles. The summed E-state index contributed by atoms with van der Waals surface area (Å²) in [6, 6.07) is 4.65. The molecule has 0 aromatic heterocycles. The lowest BCUT2D eigenvalue weighted by atomic mass is 9.97. The fourth-order valence-corrected chi connectivity index (χ4v) is 2.11. The van der Waals surface area contributed by atoms with Crippen molar-refractivity contribution in [3.8, 4) is 0 Å². The number of aliphatic hydroxyl groups excluding tert-OH is 1. The van der Waals surface area contributed by atoms with E-state index in [1.165, 1.54) is 22.3 Å². The molecule has 0 aliphatic carbocycles. The van der Waals surface area contributed by atoms with E-state index in [1.54, 1.807) is 0 Å². The molecule has 1 rings (SSSR count). The summed E-state index contributed by atoms with van der Waals surface area (Å²) in [7, 11) is 0. The highest BCUT2D eigenvalue weighted by Crippen LogP contribution is 2.16. The predicted octanol–water partition coefficient (Wildman–Crippen LogP) is 2.12. The molecule has 0 aliphatic heterocycles. The molecule has 0 radical (unpaired) electrons. The predicted molar refractivity (Wildman–Crippen MR) is 68.9 cm³/mol. The molecule has 1 aromatic rings. The van der Waals surface area contributed by atoms with Gasteiger partial charge in [-0.3, -0.25) is 0 Å². The maximum absolute atomic E-state index is 8.92. The second kappa shape index (κ2) is 6.02. The van der Waals surface area contributed by atoms with Crippen molar-refractivity contribution in [1.82, 2.24) is 5.32 Å². The van der Waals surface area contributed by atoms with Gasteiger partial charge in [0, 0.05) is 6.04 Å². The lowest BCUT2D eigenvalue weighted by molar-refractivity contribution is 0.252. The number of aryl methyl sites for hydroxylation is 3. The molecule has 0 bridgehead atoms. The van der Waals surface area contributed by atoms with Gasteiger partial charge < -0.3 is 10.4 Å². The van der Waals surface area contributed by atoms with Crippen LogP contribution in [0.15, 0.2) is 12.1 Å². The molecule has 0 saturated heterocycles. The number of hydrogen-bond acceptors (Lipinski definition) is 2. The van der Waals surface area contributed by atoms with Crippen LogP contribution in [0.3, 0.4) is 0 Å². The highest BCUT2D eigenvalue weighted by atomic mass is 16.3. The van der Waals surface area contributed by atoms with Gasteiger partial charge >= 0.3 is 0 Å². The standard InChI is InChI=1S/C14H23NO/c1-10-7-11(2)14(12(3)8-10)5-6-15-13(4)9-16/h7-8,13,15-16H,5-6,9H2,1-4H3. The van der Waals surface area contributed by atoms with E-state index in [0.29, 0.717) is 0 Å². The molecule has 1 atom stereocenters. The van der Waals surface area contributed by atoms with Crippen LogP contribution in [0.25, 0.3) is 0 Å². The van der Waals surface area contributed by atoms with Gasteiger partial charge in [0.15, 0.2) is 0 Å². The largest absolute Gasteiger partial charge is 0.395 e. The minimum absolute atomic E-state index is 0.186. The van der Waals surface area contributed by atoms with Crippen LogP contribution in [-0.4, -0.2) is 24.3 Å². The second-order valence-electron chi connectivity index (χ2n) is 4.67. The molecule has 0 heterocycles. The van der Waals surface area contributed by atoms with Crippen LogP contribution < -0.4 is 5.32 Å². The van der Waals surface area contributed by atoms with E-state index in [0.717, 1.165) is 13.0 Å². The molecular weight excluding hydrogens is 198 g/mol. The third-order valence-corrected chi connectivity index (χ3v) is 2.98. The Kier molecular flexibility index (Phi) is 4.97. The Bertz CT molecular complexity index is 324. The zero-order valence-electron chi connectivity index (χ0n) is 10.8. The van der Waals surface area contributed by atoms with Crippen molar-refractivity contribution in [2.45, 2.75) is 40.2 Å². The van der Waals surface area contributed by atoms with Crippen molar-refractivity contribution in [3.63, 3.8) is 0 Å². The summed E-state index contributed by atoms with van der Waals surface area (Å²) in [5.41, 5.74) is 5.51. The molecule has 16 heavy (non-hydrogen) atoms. The van der Waals surface area contributed by atoms with Crippen LogP contribution in [0, 0.1) is 20.8 Å². The van der Waals surface area contributed by atoms with E-state index in [4.69, 9.17) is 5.11 Å². The molecule has 0 spiro atoms. The highest BCUT2D eigenvalue weighted by Gasteiger charge is 2.04. The van der Waals surface area contributed by atoms with E-state index >= 15 is 0 Å². The van der Waals surface area contributed by atoms with Gasteiger partial charge in [0.25, 0.3) is 0 Å². The Morgan fingerprint density at radius 3 is 2.25 bits per heavy atom. The van der Waals surface area contributed by atoms with E-state index < -0.39 is 0 Å². The molecular formula is C14H23NO. The molecule has 2 nitrogen and oxygen atoms in total. The van der Waals surface area contributed by atoms with Crippen molar-refractivity contribution < 1.29 is 5.11 Å². The lowest BCUT2D eigenvalue weighted by Crippen LogP contribution is -2.31. The second-order valence-corrected chi connectivity index (χ2v) is 4.67. The molecule has 0 fully saturated rings. The summed E-state index contributed by atoms with van der Waals surface area (Å²) in [5, 5.41) is 12.2. The number of benzene rings is 1. The zero-order valence-corrected chi connectivity index (χ0v) is 10.8. The summed E-state index contributed by atoms with van der Waals surface area (Å²) in [4.78, 5) is 0. The maximum atomic E-state index is 8.92. The average Bonchev–Trinajstić information content (AvgIpc) is 2.21.